The van der Waals surface area contributed by atoms with Gasteiger partial charge >= 0.3 is 0 Å². The second kappa shape index (κ2) is 4.86. The number of rotatable bonds is 2. The first-order valence-electron chi connectivity index (χ1n) is 6.10. The van der Waals surface area contributed by atoms with E-state index in [1.807, 2.05) is 12.8 Å². The standard InChI is InChI=1S/C12H20O2S/c13-15(14,11-7-3-1-4-8-11)12-9-5-2-6-10-12/h7,9,11-12H,1-6,8,10H2. The van der Waals surface area contributed by atoms with Crippen molar-refractivity contribution in [2.75, 3.05) is 0 Å². The zero-order valence-corrected chi connectivity index (χ0v) is 10.0. The third kappa shape index (κ3) is 2.55. The Kier molecular flexibility index (Phi) is 3.70. The van der Waals surface area contributed by atoms with Crippen molar-refractivity contribution < 1.29 is 8.42 Å². The Bertz CT molecular complexity index is 259. The van der Waals surface area contributed by atoms with Gasteiger partial charge in [0, 0.05) is 0 Å². The topological polar surface area (TPSA) is 34.1 Å². The average Bonchev–Trinajstić information content (AvgIpc) is 2.31. The van der Waals surface area contributed by atoms with Gasteiger partial charge in [-0.1, -0.05) is 25.7 Å². The zero-order chi connectivity index (χ0) is 10.7. The highest BCUT2D eigenvalue weighted by atomic mass is 32.2. The molecule has 0 aliphatic heterocycles. The lowest BCUT2D eigenvalue weighted by molar-refractivity contribution is 0.513. The van der Waals surface area contributed by atoms with Crippen LogP contribution in [0.4, 0.5) is 0 Å². The van der Waals surface area contributed by atoms with E-state index in [4.69, 9.17) is 0 Å². The molecule has 0 heterocycles. The van der Waals surface area contributed by atoms with Gasteiger partial charge in [-0.15, -0.1) is 0 Å². The van der Waals surface area contributed by atoms with Crippen LogP contribution >= 0.6 is 0 Å². The van der Waals surface area contributed by atoms with Crippen LogP contribution in [0.15, 0.2) is 0 Å². The van der Waals surface area contributed by atoms with Crippen molar-refractivity contribution in [1.29, 1.82) is 0 Å². The van der Waals surface area contributed by atoms with E-state index >= 15 is 0 Å². The molecule has 0 spiro atoms. The van der Waals surface area contributed by atoms with E-state index in [9.17, 15) is 8.42 Å². The summed E-state index contributed by atoms with van der Waals surface area (Å²) in [4.78, 5) is 0. The first-order valence-corrected chi connectivity index (χ1v) is 7.71. The third-order valence-electron chi connectivity index (χ3n) is 3.59. The first-order chi connectivity index (χ1) is 7.21. The van der Waals surface area contributed by atoms with E-state index in [-0.39, 0.29) is 10.5 Å². The summed E-state index contributed by atoms with van der Waals surface area (Å²) in [7, 11) is -2.90. The van der Waals surface area contributed by atoms with Gasteiger partial charge < -0.3 is 0 Å². The summed E-state index contributed by atoms with van der Waals surface area (Å²) in [6.45, 7) is 0. The normalized spacial score (nSPS) is 26.7. The molecule has 2 saturated carbocycles. The summed E-state index contributed by atoms with van der Waals surface area (Å²) in [5.74, 6) is 0. The summed E-state index contributed by atoms with van der Waals surface area (Å²) in [5, 5.41) is -0.295. The molecule has 2 aliphatic rings. The third-order valence-corrected chi connectivity index (χ3v) is 6.13. The van der Waals surface area contributed by atoms with Gasteiger partial charge in [-0.05, 0) is 38.5 Å². The Morgan fingerprint density at radius 3 is 1.60 bits per heavy atom. The lowest BCUT2D eigenvalue weighted by Crippen LogP contribution is -2.35. The summed E-state index contributed by atoms with van der Waals surface area (Å²) < 4.78 is 24.6. The molecule has 0 aromatic heterocycles. The minimum atomic E-state index is -2.90. The van der Waals surface area contributed by atoms with E-state index in [0.717, 1.165) is 38.5 Å². The van der Waals surface area contributed by atoms with Crippen molar-refractivity contribution in [3.8, 4) is 0 Å². The van der Waals surface area contributed by atoms with Crippen LogP contribution < -0.4 is 0 Å². The van der Waals surface area contributed by atoms with Gasteiger partial charge in [0.1, 0.15) is 0 Å². The van der Waals surface area contributed by atoms with E-state index in [1.54, 1.807) is 0 Å². The Labute approximate surface area is 93.4 Å². The molecular weight excluding hydrogens is 208 g/mol. The molecule has 2 unspecified atom stereocenters. The summed E-state index contributed by atoms with van der Waals surface area (Å²) in [6.07, 6.45) is 12.2. The molecule has 0 aromatic carbocycles. The molecular formula is C12H20O2S. The Balaban J connectivity index is 2.03. The van der Waals surface area contributed by atoms with Crippen LogP contribution in [-0.4, -0.2) is 18.9 Å². The molecule has 0 aromatic rings. The minimum absolute atomic E-state index is 0.148. The van der Waals surface area contributed by atoms with Gasteiger partial charge in [0.25, 0.3) is 0 Å². The second-order valence-electron chi connectivity index (χ2n) is 4.71. The Hall–Kier alpha value is -0.0500. The fourth-order valence-electron chi connectivity index (χ4n) is 2.64. The number of hydrogen-bond acceptors (Lipinski definition) is 2. The SMILES string of the molecule is O=S(=O)(C1[CH]CCCC1)C1[CH]CCCC1. The van der Waals surface area contributed by atoms with Crippen LogP contribution in [0.3, 0.4) is 0 Å². The maximum atomic E-state index is 12.3. The maximum absolute atomic E-state index is 12.3. The van der Waals surface area contributed by atoms with Crippen LogP contribution in [0.25, 0.3) is 0 Å². The van der Waals surface area contributed by atoms with Gasteiger partial charge in [0.05, 0.1) is 10.5 Å². The molecule has 2 aliphatic carbocycles. The maximum Gasteiger partial charge on any atom is 0.156 e. The molecule has 2 radical (unpaired) electrons. The van der Waals surface area contributed by atoms with Crippen LogP contribution in [0.5, 0.6) is 0 Å². The van der Waals surface area contributed by atoms with Gasteiger partial charge in [0.15, 0.2) is 9.84 Å². The molecule has 2 atom stereocenters. The van der Waals surface area contributed by atoms with Crippen molar-refractivity contribution in [2.24, 2.45) is 0 Å². The molecule has 0 amide bonds. The Morgan fingerprint density at radius 1 is 0.800 bits per heavy atom. The van der Waals surface area contributed by atoms with Gasteiger partial charge in [-0.2, -0.15) is 0 Å². The zero-order valence-electron chi connectivity index (χ0n) is 9.19. The fourth-order valence-corrected chi connectivity index (χ4v) is 4.89. The average molecular weight is 228 g/mol. The number of sulfone groups is 1. The van der Waals surface area contributed by atoms with Gasteiger partial charge in [0.2, 0.25) is 0 Å². The lowest BCUT2D eigenvalue weighted by atomic mass is 10.00. The van der Waals surface area contributed by atoms with E-state index < -0.39 is 9.84 Å². The summed E-state index contributed by atoms with van der Waals surface area (Å²) >= 11 is 0. The molecule has 2 rings (SSSR count). The predicted molar refractivity (Wildman–Crippen MR) is 62.0 cm³/mol. The highest BCUT2D eigenvalue weighted by Gasteiger charge is 2.35. The molecule has 15 heavy (non-hydrogen) atoms. The smallest absolute Gasteiger partial charge is 0.156 e. The van der Waals surface area contributed by atoms with Gasteiger partial charge in [-0.3, -0.25) is 0 Å². The summed E-state index contributed by atoms with van der Waals surface area (Å²) in [6, 6.07) is 0. The van der Waals surface area contributed by atoms with Crippen molar-refractivity contribution in [3.05, 3.63) is 12.8 Å². The highest BCUT2D eigenvalue weighted by Crippen LogP contribution is 2.31. The minimum Gasteiger partial charge on any atom is -0.228 e. The highest BCUT2D eigenvalue weighted by molar-refractivity contribution is 7.92. The Morgan fingerprint density at radius 2 is 1.27 bits per heavy atom. The van der Waals surface area contributed by atoms with Gasteiger partial charge in [-0.25, -0.2) is 8.42 Å². The molecule has 2 fully saturated rings. The molecule has 3 heteroatoms. The summed E-state index contributed by atoms with van der Waals surface area (Å²) in [5.41, 5.74) is 0. The molecule has 0 bridgehead atoms. The first kappa shape index (κ1) is 11.4. The van der Waals surface area contributed by atoms with Crippen molar-refractivity contribution in [1.82, 2.24) is 0 Å². The lowest BCUT2D eigenvalue weighted by Gasteiger charge is -2.28. The molecule has 2 nitrogen and oxygen atoms in total. The predicted octanol–water partition coefficient (Wildman–Crippen LogP) is 2.69. The molecule has 0 saturated heterocycles. The van der Waals surface area contributed by atoms with Crippen LogP contribution in [0.1, 0.15) is 51.4 Å². The van der Waals surface area contributed by atoms with Crippen LogP contribution in [0, 0.1) is 12.8 Å². The van der Waals surface area contributed by atoms with Crippen molar-refractivity contribution in [2.45, 2.75) is 61.9 Å². The van der Waals surface area contributed by atoms with E-state index in [2.05, 4.69) is 0 Å². The van der Waals surface area contributed by atoms with Crippen LogP contribution in [-0.2, 0) is 9.84 Å². The number of hydrogen-bond donors (Lipinski definition) is 0. The largest absolute Gasteiger partial charge is 0.228 e. The second-order valence-corrected chi connectivity index (χ2v) is 7.10. The van der Waals surface area contributed by atoms with Crippen molar-refractivity contribution >= 4 is 9.84 Å². The molecule has 86 valence electrons. The van der Waals surface area contributed by atoms with Crippen molar-refractivity contribution in [3.63, 3.8) is 0 Å². The fraction of sp³-hybridized carbons (Fsp3) is 0.833. The van der Waals surface area contributed by atoms with E-state index in [0.29, 0.717) is 0 Å². The quantitative estimate of drug-likeness (QED) is 0.728. The van der Waals surface area contributed by atoms with Crippen LogP contribution in [0.2, 0.25) is 0 Å². The monoisotopic (exact) mass is 228 g/mol. The van der Waals surface area contributed by atoms with E-state index in [1.165, 1.54) is 12.8 Å². The molecule has 0 N–H and O–H groups in total.